The molecule has 1 N–H and O–H groups in total. The molecule has 88 valence electrons. The van der Waals surface area contributed by atoms with Gasteiger partial charge in [0.2, 0.25) is 0 Å². The number of benzene rings is 1. The fraction of sp³-hybridized carbons (Fsp3) is 0.538. The minimum Gasteiger partial charge on any atom is -0.496 e. The maximum Gasteiger partial charge on any atom is 0.126 e. The second-order valence-electron chi connectivity index (χ2n) is 4.65. The number of ether oxygens (including phenoxy) is 1. The average Bonchev–Trinajstić information content (AvgIpc) is 2.63. The first kappa shape index (κ1) is 11.7. The number of nitrogens with one attached hydrogen (secondary N) is 1. The maximum absolute atomic E-state index is 6.11. The van der Waals surface area contributed by atoms with E-state index in [1.165, 1.54) is 5.56 Å². The van der Waals surface area contributed by atoms with Crippen LogP contribution in [0, 0.1) is 12.8 Å². The predicted octanol–water partition coefficient (Wildman–Crippen LogP) is 3.33. The highest BCUT2D eigenvalue weighted by Gasteiger charge is 2.25. The summed E-state index contributed by atoms with van der Waals surface area (Å²) in [6.07, 6.45) is 1.15. The Labute approximate surface area is 102 Å². The van der Waals surface area contributed by atoms with E-state index in [4.69, 9.17) is 16.3 Å². The largest absolute Gasteiger partial charge is 0.496 e. The number of aryl methyl sites for hydroxylation is 1. The molecular formula is C13H18ClNO. The number of halogens is 1. The molecule has 1 aliphatic rings. The third-order valence-corrected chi connectivity index (χ3v) is 3.42. The van der Waals surface area contributed by atoms with Crippen LogP contribution in [0.25, 0.3) is 0 Å². The monoisotopic (exact) mass is 239 g/mol. The summed E-state index contributed by atoms with van der Waals surface area (Å²) in [5.74, 6) is 1.69. The van der Waals surface area contributed by atoms with Crippen molar-refractivity contribution in [2.45, 2.75) is 26.3 Å². The Morgan fingerprint density at radius 1 is 1.44 bits per heavy atom. The van der Waals surface area contributed by atoms with Crippen LogP contribution in [-0.4, -0.2) is 13.7 Å². The zero-order chi connectivity index (χ0) is 11.7. The van der Waals surface area contributed by atoms with E-state index >= 15 is 0 Å². The van der Waals surface area contributed by atoms with Crippen molar-refractivity contribution in [1.82, 2.24) is 5.32 Å². The van der Waals surface area contributed by atoms with Gasteiger partial charge in [-0.25, -0.2) is 0 Å². The van der Waals surface area contributed by atoms with Gasteiger partial charge < -0.3 is 10.1 Å². The Kier molecular flexibility index (Phi) is 3.41. The SMILES string of the molecule is COc1c(C)cc(Cl)cc1C1CC(C)CN1. The number of rotatable bonds is 2. The van der Waals surface area contributed by atoms with Crippen LogP contribution < -0.4 is 10.1 Å². The van der Waals surface area contributed by atoms with E-state index in [0.29, 0.717) is 12.0 Å². The normalized spacial score (nSPS) is 24.8. The molecule has 0 saturated carbocycles. The van der Waals surface area contributed by atoms with Crippen molar-refractivity contribution in [3.8, 4) is 5.75 Å². The van der Waals surface area contributed by atoms with Gasteiger partial charge in [-0.2, -0.15) is 0 Å². The van der Waals surface area contributed by atoms with Crippen LogP contribution in [0.3, 0.4) is 0 Å². The van der Waals surface area contributed by atoms with Gasteiger partial charge in [0, 0.05) is 16.6 Å². The highest BCUT2D eigenvalue weighted by Crippen LogP contribution is 2.36. The van der Waals surface area contributed by atoms with Gasteiger partial charge in [0.25, 0.3) is 0 Å². The van der Waals surface area contributed by atoms with Crippen LogP contribution in [0.4, 0.5) is 0 Å². The van der Waals surface area contributed by atoms with Crippen molar-refractivity contribution < 1.29 is 4.74 Å². The van der Waals surface area contributed by atoms with Gasteiger partial charge in [0.1, 0.15) is 5.75 Å². The summed E-state index contributed by atoms with van der Waals surface area (Å²) >= 11 is 6.11. The number of hydrogen-bond acceptors (Lipinski definition) is 2. The molecule has 1 saturated heterocycles. The van der Waals surface area contributed by atoms with Crippen molar-refractivity contribution in [2.24, 2.45) is 5.92 Å². The van der Waals surface area contributed by atoms with E-state index in [0.717, 1.165) is 29.3 Å². The molecule has 1 aromatic rings. The summed E-state index contributed by atoms with van der Waals surface area (Å²) in [5.41, 5.74) is 2.29. The van der Waals surface area contributed by atoms with Crippen molar-refractivity contribution in [3.05, 3.63) is 28.3 Å². The Bertz CT molecular complexity index is 392. The summed E-state index contributed by atoms with van der Waals surface area (Å²) in [6, 6.07) is 4.34. The van der Waals surface area contributed by atoms with Crippen LogP contribution >= 0.6 is 11.6 Å². The van der Waals surface area contributed by atoms with Gasteiger partial charge in [-0.1, -0.05) is 18.5 Å². The van der Waals surface area contributed by atoms with Crippen molar-refractivity contribution in [1.29, 1.82) is 0 Å². The molecule has 0 bridgehead atoms. The van der Waals surface area contributed by atoms with Gasteiger partial charge in [-0.3, -0.25) is 0 Å². The van der Waals surface area contributed by atoms with Gasteiger partial charge in [0.15, 0.2) is 0 Å². The van der Waals surface area contributed by atoms with E-state index < -0.39 is 0 Å². The lowest BCUT2D eigenvalue weighted by Gasteiger charge is -2.17. The molecule has 0 aliphatic carbocycles. The lowest BCUT2D eigenvalue weighted by molar-refractivity contribution is 0.399. The van der Waals surface area contributed by atoms with Gasteiger partial charge in [0.05, 0.1) is 7.11 Å². The van der Waals surface area contributed by atoms with Gasteiger partial charge in [-0.15, -0.1) is 0 Å². The van der Waals surface area contributed by atoms with E-state index in [1.54, 1.807) is 7.11 Å². The van der Waals surface area contributed by atoms with Crippen LogP contribution in [0.1, 0.15) is 30.5 Å². The second-order valence-corrected chi connectivity index (χ2v) is 5.08. The van der Waals surface area contributed by atoms with Crippen molar-refractivity contribution in [3.63, 3.8) is 0 Å². The lowest BCUT2D eigenvalue weighted by Crippen LogP contribution is -2.14. The maximum atomic E-state index is 6.11. The molecule has 0 radical (unpaired) electrons. The summed E-state index contributed by atoms with van der Waals surface area (Å²) in [6.45, 7) is 5.36. The molecule has 2 nitrogen and oxygen atoms in total. The fourth-order valence-electron chi connectivity index (χ4n) is 2.44. The van der Waals surface area contributed by atoms with Crippen LogP contribution in [0.5, 0.6) is 5.75 Å². The minimum absolute atomic E-state index is 0.377. The highest BCUT2D eigenvalue weighted by atomic mass is 35.5. The highest BCUT2D eigenvalue weighted by molar-refractivity contribution is 6.30. The Morgan fingerprint density at radius 3 is 2.75 bits per heavy atom. The van der Waals surface area contributed by atoms with E-state index in [1.807, 2.05) is 19.1 Å². The van der Waals surface area contributed by atoms with E-state index in [2.05, 4.69) is 12.2 Å². The molecule has 0 amide bonds. The quantitative estimate of drug-likeness (QED) is 0.855. The lowest BCUT2D eigenvalue weighted by atomic mass is 9.98. The summed E-state index contributed by atoms with van der Waals surface area (Å²) in [4.78, 5) is 0. The first-order valence-electron chi connectivity index (χ1n) is 5.69. The zero-order valence-electron chi connectivity index (χ0n) is 10.0. The molecule has 1 aliphatic heterocycles. The molecule has 16 heavy (non-hydrogen) atoms. The van der Waals surface area contributed by atoms with Gasteiger partial charge >= 0.3 is 0 Å². The second kappa shape index (κ2) is 4.64. The molecule has 2 unspecified atom stereocenters. The molecule has 1 heterocycles. The third kappa shape index (κ3) is 2.18. The Hall–Kier alpha value is -0.730. The van der Waals surface area contributed by atoms with Crippen LogP contribution in [0.15, 0.2) is 12.1 Å². The molecule has 1 fully saturated rings. The fourth-order valence-corrected chi connectivity index (χ4v) is 2.72. The van der Waals surface area contributed by atoms with Crippen molar-refractivity contribution in [2.75, 3.05) is 13.7 Å². The van der Waals surface area contributed by atoms with Gasteiger partial charge in [-0.05, 0) is 43.5 Å². The standard InChI is InChI=1S/C13H18ClNO/c1-8-4-12(15-7-8)11-6-10(14)5-9(2)13(11)16-3/h5-6,8,12,15H,4,7H2,1-3H3. The van der Waals surface area contributed by atoms with E-state index in [9.17, 15) is 0 Å². The summed E-state index contributed by atoms with van der Waals surface area (Å²) < 4.78 is 5.48. The number of hydrogen-bond donors (Lipinski definition) is 1. The van der Waals surface area contributed by atoms with Crippen LogP contribution in [-0.2, 0) is 0 Å². The van der Waals surface area contributed by atoms with Crippen molar-refractivity contribution >= 4 is 11.6 Å². The molecule has 2 atom stereocenters. The zero-order valence-corrected chi connectivity index (χ0v) is 10.8. The third-order valence-electron chi connectivity index (χ3n) is 3.20. The molecule has 0 aromatic heterocycles. The molecule has 2 rings (SSSR count). The number of methoxy groups -OCH3 is 1. The topological polar surface area (TPSA) is 21.3 Å². The summed E-state index contributed by atoms with van der Waals surface area (Å²) in [7, 11) is 1.72. The Morgan fingerprint density at radius 2 is 2.19 bits per heavy atom. The summed E-state index contributed by atoms with van der Waals surface area (Å²) in [5, 5.41) is 4.30. The minimum atomic E-state index is 0.377. The first-order valence-corrected chi connectivity index (χ1v) is 6.07. The average molecular weight is 240 g/mol. The molecule has 3 heteroatoms. The predicted molar refractivity (Wildman–Crippen MR) is 67.3 cm³/mol. The molecule has 1 aromatic carbocycles. The Balaban J connectivity index is 2.38. The molecular weight excluding hydrogens is 222 g/mol. The molecule has 0 spiro atoms. The van der Waals surface area contributed by atoms with E-state index in [-0.39, 0.29) is 0 Å². The van der Waals surface area contributed by atoms with Crippen LogP contribution in [0.2, 0.25) is 5.02 Å². The smallest absolute Gasteiger partial charge is 0.126 e. The first-order chi connectivity index (χ1) is 7.61.